The van der Waals surface area contributed by atoms with Crippen LogP contribution in [0.5, 0.6) is 0 Å². The molecule has 0 aliphatic rings. The number of halogens is 1. The topological polar surface area (TPSA) is 114 Å². The minimum absolute atomic E-state index is 0.133. The van der Waals surface area contributed by atoms with Crippen molar-refractivity contribution in [3.05, 3.63) is 71.7 Å². The van der Waals surface area contributed by atoms with Crippen LogP contribution in [-0.2, 0) is 20.7 Å². The lowest BCUT2D eigenvalue weighted by molar-refractivity contribution is -0.149. The summed E-state index contributed by atoms with van der Waals surface area (Å²) < 4.78 is 17.9. The van der Waals surface area contributed by atoms with Gasteiger partial charge < -0.3 is 20.8 Å². The number of rotatable bonds is 7. The maximum absolute atomic E-state index is 13.1. The number of carbonyl (C=O) groups is 3. The highest BCUT2D eigenvalue weighted by Crippen LogP contribution is 2.19. The summed E-state index contributed by atoms with van der Waals surface area (Å²) in [6.45, 7) is -0.588. The molecule has 0 saturated carbocycles. The molecule has 1 atom stereocenters. The van der Waals surface area contributed by atoms with Gasteiger partial charge in [0.2, 0.25) is 0 Å². The van der Waals surface area contributed by atoms with E-state index in [0.29, 0.717) is 0 Å². The van der Waals surface area contributed by atoms with Crippen molar-refractivity contribution in [1.29, 1.82) is 0 Å². The third-order valence-corrected chi connectivity index (χ3v) is 4.15. The molecule has 0 radical (unpaired) electrons. The lowest BCUT2D eigenvalue weighted by Gasteiger charge is -2.17. The van der Waals surface area contributed by atoms with Gasteiger partial charge in [0.1, 0.15) is 11.9 Å². The van der Waals surface area contributed by atoms with E-state index in [-0.39, 0.29) is 12.0 Å². The Morgan fingerprint density at radius 3 is 2.54 bits per heavy atom. The van der Waals surface area contributed by atoms with Crippen LogP contribution in [0, 0.1) is 5.82 Å². The molecule has 0 bridgehead atoms. The van der Waals surface area contributed by atoms with Crippen molar-refractivity contribution < 1.29 is 23.5 Å². The lowest BCUT2D eigenvalue weighted by atomic mass is 10.0. The number of ether oxygens (including phenoxy) is 1. The van der Waals surface area contributed by atoms with Crippen LogP contribution in [0.1, 0.15) is 15.9 Å². The third kappa shape index (κ3) is 4.53. The molecule has 0 aliphatic carbocycles. The Hall–Kier alpha value is -3.68. The van der Waals surface area contributed by atoms with Gasteiger partial charge in [-0.25, -0.2) is 9.18 Å². The second-order valence-corrected chi connectivity index (χ2v) is 6.17. The number of primary amides is 1. The van der Waals surface area contributed by atoms with Crippen LogP contribution in [-0.4, -0.2) is 35.4 Å². The standard InChI is InChI=1S/C20H18FN3O4/c21-14-7-5-12(6-8-14)19(26)24-17(20(27)28-11-18(22)25)9-13-10-23-16-4-2-1-3-15(13)16/h1-8,10,17,23H,9,11H2,(H2,22,25)(H,24,26)/t17-/m1/s1. The van der Waals surface area contributed by atoms with E-state index in [1.54, 1.807) is 6.20 Å². The van der Waals surface area contributed by atoms with Crippen molar-refractivity contribution in [2.75, 3.05) is 6.61 Å². The molecule has 144 valence electrons. The molecule has 0 saturated heterocycles. The van der Waals surface area contributed by atoms with E-state index in [2.05, 4.69) is 10.3 Å². The van der Waals surface area contributed by atoms with Crippen LogP contribution < -0.4 is 11.1 Å². The summed E-state index contributed by atoms with van der Waals surface area (Å²) in [6.07, 6.45) is 1.87. The Morgan fingerprint density at radius 1 is 1.11 bits per heavy atom. The van der Waals surface area contributed by atoms with Gasteiger partial charge in [-0.3, -0.25) is 9.59 Å². The summed E-state index contributed by atoms with van der Waals surface area (Å²) in [7, 11) is 0. The third-order valence-electron chi connectivity index (χ3n) is 4.15. The van der Waals surface area contributed by atoms with E-state index < -0.39 is 36.2 Å². The molecule has 7 nitrogen and oxygen atoms in total. The number of hydrogen-bond acceptors (Lipinski definition) is 4. The molecule has 1 heterocycles. The molecular weight excluding hydrogens is 365 g/mol. The number of fused-ring (bicyclic) bond motifs is 1. The predicted molar refractivity (Wildman–Crippen MR) is 99.8 cm³/mol. The average Bonchev–Trinajstić information content (AvgIpc) is 3.09. The Kier molecular flexibility index (Phi) is 5.69. The minimum Gasteiger partial charge on any atom is -0.454 e. The Balaban J connectivity index is 1.81. The predicted octanol–water partition coefficient (Wildman–Crippen LogP) is 1.68. The van der Waals surface area contributed by atoms with E-state index >= 15 is 0 Å². The first kappa shape index (κ1) is 19.1. The maximum Gasteiger partial charge on any atom is 0.329 e. The minimum atomic E-state index is -1.06. The summed E-state index contributed by atoms with van der Waals surface area (Å²) in [5.41, 5.74) is 6.87. The Labute approximate surface area is 159 Å². The van der Waals surface area contributed by atoms with Gasteiger partial charge in [-0.05, 0) is 35.9 Å². The zero-order valence-corrected chi connectivity index (χ0v) is 14.8. The van der Waals surface area contributed by atoms with Crippen molar-refractivity contribution in [2.45, 2.75) is 12.5 Å². The van der Waals surface area contributed by atoms with Crippen molar-refractivity contribution in [3.8, 4) is 0 Å². The van der Waals surface area contributed by atoms with E-state index in [1.807, 2.05) is 24.3 Å². The smallest absolute Gasteiger partial charge is 0.329 e. The van der Waals surface area contributed by atoms with Gasteiger partial charge in [0.05, 0.1) is 0 Å². The van der Waals surface area contributed by atoms with Crippen LogP contribution in [0.25, 0.3) is 10.9 Å². The van der Waals surface area contributed by atoms with Crippen molar-refractivity contribution >= 4 is 28.7 Å². The van der Waals surface area contributed by atoms with Crippen LogP contribution in [0.3, 0.4) is 0 Å². The molecule has 3 aromatic rings. The molecule has 0 spiro atoms. The zero-order chi connectivity index (χ0) is 20.1. The highest BCUT2D eigenvalue weighted by atomic mass is 19.1. The summed E-state index contributed by atoms with van der Waals surface area (Å²) >= 11 is 0. The molecule has 0 fully saturated rings. The molecule has 4 N–H and O–H groups in total. The lowest BCUT2D eigenvalue weighted by Crippen LogP contribution is -2.44. The number of para-hydroxylation sites is 1. The van der Waals surface area contributed by atoms with Crippen LogP contribution in [0.4, 0.5) is 4.39 Å². The largest absolute Gasteiger partial charge is 0.454 e. The maximum atomic E-state index is 13.1. The summed E-state index contributed by atoms with van der Waals surface area (Å²) in [5, 5.41) is 3.47. The highest BCUT2D eigenvalue weighted by molar-refractivity contribution is 5.97. The zero-order valence-electron chi connectivity index (χ0n) is 14.8. The SMILES string of the molecule is NC(=O)COC(=O)[C@@H](Cc1c[nH]c2ccccc12)NC(=O)c1ccc(F)cc1. The van der Waals surface area contributed by atoms with Gasteiger partial charge in [0, 0.05) is 29.1 Å². The van der Waals surface area contributed by atoms with E-state index in [1.165, 1.54) is 12.1 Å². The molecular formula is C20H18FN3O4. The van der Waals surface area contributed by atoms with Crippen molar-refractivity contribution in [2.24, 2.45) is 5.73 Å². The van der Waals surface area contributed by atoms with E-state index in [0.717, 1.165) is 28.6 Å². The molecule has 1 aromatic heterocycles. The molecule has 8 heteroatoms. The summed E-state index contributed by atoms with van der Waals surface area (Å²) in [5.74, 6) is -2.64. The van der Waals surface area contributed by atoms with Gasteiger partial charge in [-0.2, -0.15) is 0 Å². The summed E-state index contributed by atoms with van der Waals surface area (Å²) in [6, 6.07) is 11.4. The van der Waals surface area contributed by atoms with E-state index in [4.69, 9.17) is 10.5 Å². The monoisotopic (exact) mass is 383 g/mol. The number of nitrogens with two attached hydrogens (primary N) is 1. The number of benzene rings is 2. The fraction of sp³-hybridized carbons (Fsp3) is 0.150. The van der Waals surface area contributed by atoms with Crippen LogP contribution in [0.15, 0.2) is 54.7 Å². The van der Waals surface area contributed by atoms with Gasteiger partial charge in [-0.1, -0.05) is 18.2 Å². The van der Waals surface area contributed by atoms with E-state index in [9.17, 15) is 18.8 Å². The first-order valence-corrected chi connectivity index (χ1v) is 8.50. The molecule has 28 heavy (non-hydrogen) atoms. The number of H-pyrrole nitrogens is 1. The van der Waals surface area contributed by atoms with Crippen LogP contribution >= 0.6 is 0 Å². The normalized spacial score (nSPS) is 11.8. The molecule has 2 amide bonds. The van der Waals surface area contributed by atoms with Gasteiger partial charge >= 0.3 is 5.97 Å². The molecule has 3 rings (SSSR count). The fourth-order valence-electron chi connectivity index (χ4n) is 2.80. The fourth-order valence-corrected chi connectivity index (χ4v) is 2.80. The Bertz CT molecular complexity index is 1010. The molecule has 2 aromatic carbocycles. The van der Waals surface area contributed by atoms with Crippen LogP contribution in [0.2, 0.25) is 0 Å². The Morgan fingerprint density at radius 2 is 1.82 bits per heavy atom. The van der Waals surface area contributed by atoms with Gasteiger partial charge in [-0.15, -0.1) is 0 Å². The summed E-state index contributed by atoms with van der Waals surface area (Å²) in [4.78, 5) is 38.9. The average molecular weight is 383 g/mol. The number of carbonyl (C=O) groups excluding carboxylic acids is 3. The van der Waals surface area contributed by atoms with Gasteiger partial charge in [0.25, 0.3) is 11.8 Å². The first-order valence-electron chi connectivity index (χ1n) is 8.50. The van der Waals surface area contributed by atoms with Crippen molar-refractivity contribution in [3.63, 3.8) is 0 Å². The number of amides is 2. The number of aromatic nitrogens is 1. The number of nitrogens with one attached hydrogen (secondary N) is 2. The molecule has 0 unspecified atom stereocenters. The van der Waals surface area contributed by atoms with Gasteiger partial charge in [0.15, 0.2) is 6.61 Å². The number of esters is 1. The highest BCUT2D eigenvalue weighted by Gasteiger charge is 2.25. The quantitative estimate of drug-likeness (QED) is 0.539. The molecule has 0 aliphatic heterocycles. The number of aromatic amines is 1. The second kappa shape index (κ2) is 8.34. The van der Waals surface area contributed by atoms with Crippen molar-refractivity contribution in [1.82, 2.24) is 10.3 Å². The number of hydrogen-bond donors (Lipinski definition) is 3. The first-order chi connectivity index (χ1) is 13.4. The second-order valence-electron chi connectivity index (χ2n) is 6.17.